The van der Waals surface area contributed by atoms with Gasteiger partial charge in [-0.3, -0.25) is 4.79 Å². The van der Waals surface area contributed by atoms with E-state index in [0.717, 1.165) is 18.3 Å². The van der Waals surface area contributed by atoms with Gasteiger partial charge >= 0.3 is 0 Å². The molecule has 0 aromatic rings. The molecule has 0 aliphatic heterocycles. The first-order valence-corrected chi connectivity index (χ1v) is 3.37. The van der Waals surface area contributed by atoms with Crippen LogP contribution in [0, 0.1) is 5.92 Å². The summed E-state index contributed by atoms with van der Waals surface area (Å²) in [7, 11) is 0. The summed E-state index contributed by atoms with van der Waals surface area (Å²) in [4.78, 5) is 21.1. The van der Waals surface area contributed by atoms with E-state index < -0.39 is 0 Å². The van der Waals surface area contributed by atoms with Crippen LogP contribution in [-0.2, 0) is 9.59 Å². The molecule has 2 nitrogen and oxygen atoms in total. The second-order valence-corrected chi connectivity index (χ2v) is 2.76. The Morgan fingerprint density at radius 2 is 2.30 bits per heavy atom. The van der Waals surface area contributed by atoms with Crippen LogP contribution < -0.4 is 0 Å². The van der Waals surface area contributed by atoms with E-state index in [1.807, 2.05) is 6.92 Å². The maximum Gasteiger partial charge on any atom is 0.156 e. The number of hydrogen-bond donors (Lipinski definition) is 0. The zero-order chi connectivity index (χ0) is 7.56. The Balaban J connectivity index is 2.69. The molecule has 0 spiro atoms. The number of carbonyl (C=O) groups is 2. The fourth-order valence-corrected chi connectivity index (χ4v) is 1.23. The van der Waals surface area contributed by atoms with E-state index in [-0.39, 0.29) is 11.7 Å². The summed E-state index contributed by atoms with van der Waals surface area (Å²) in [5, 5.41) is 0. The Morgan fingerprint density at radius 3 is 2.80 bits per heavy atom. The van der Waals surface area contributed by atoms with Crippen molar-refractivity contribution in [1.29, 1.82) is 0 Å². The fourth-order valence-electron chi connectivity index (χ4n) is 1.23. The summed E-state index contributed by atoms with van der Waals surface area (Å²) >= 11 is 0. The molecular formula is C8H10O2. The van der Waals surface area contributed by atoms with Crippen molar-refractivity contribution in [3.63, 3.8) is 0 Å². The maximum absolute atomic E-state index is 10.8. The number of allylic oxidation sites excluding steroid dienone is 2. The third kappa shape index (κ3) is 1.53. The van der Waals surface area contributed by atoms with E-state index in [4.69, 9.17) is 0 Å². The summed E-state index contributed by atoms with van der Waals surface area (Å²) in [6.45, 7) is 1.88. The molecule has 0 N–H and O–H groups in total. The molecule has 0 saturated heterocycles. The summed E-state index contributed by atoms with van der Waals surface area (Å²) in [6, 6.07) is 0. The van der Waals surface area contributed by atoms with Crippen molar-refractivity contribution in [2.45, 2.75) is 19.8 Å². The molecule has 0 heterocycles. The standard InChI is InChI=1S/C8H10O2/c1-6-2-7(5-9)4-8(10)3-6/h3,5,7H,2,4H2,1H3. The van der Waals surface area contributed by atoms with Crippen LogP contribution in [0.4, 0.5) is 0 Å². The average Bonchev–Trinajstić information content (AvgIpc) is 1.85. The number of carbonyl (C=O) groups excluding carboxylic acids is 2. The molecule has 1 aliphatic carbocycles. The first-order valence-electron chi connectivity index (χ1n) is 3.37. The van der Waals surface area contributed by atoms with Gasteiger partial charge in [0.1, 0.15) is 6.29 Å². The van der Waals surface area contributed by atoms with Gasteiger partial charge in [-0.1, -0.05) is 5.57 Å². The van der Waals surface area contributed by atoms with Crippen LogP contribution in [-0.4, -0.2) is 12.1 Å². The summed E-state index contributed by atoms with van der Waals surface area (Å²) in [5.74, 6) is 0.0262. The molecule has 0 saturated carbocycles. The van der Waals surface area contributed by atoms with Crippen LogP contribution in [0.25, 0.3) is 0 Å². The quantitative estimate of drug-likeness (QED) is 0.508. The molecule has 1 atom stereocenters. The molecule has 0 aromatic carbocycles. The Morgan fingerprint density at radius 1 is 1.60 bits per heavy atom. The molecule has 1 unspecified atom stereocenters. The predicted octanol–water partition coefficient (Wildman–Crippen LogP) is 1.11. The Bertz CT molecular complexity index is 191. The van der Waals surface area contributed by atoms with Gasteiger partial charge in [0.25, 0.3) is 0 Å². The van der Waals surface area contributed by atoms with Crippen LogP contribution in [0.2, 0.25) is 0 Å². The zero-order valence-electron chi connectivity index (χ0n) is 5.96. The van der Waals surface area contributed by atoms with Crippen molar-refractivity contribution < 1.29 is 9.59 Å². The van der Waals surface area contributed by atoms with Crippen LogP contribution in [0.15, 0.2) is 11.6 Å². The van der Waals surface area contributed by atoms with E-state index in [1.54, 1.807) is 6.08 Å². The molecular weight excluding hydrogens is 128 g/mol. The number of aldehydes is 1. The molecule has 1 aliphatic rings. The predicted molar refractivity (Wildman–Crippen MR) is 37.6 cm³/mol. The van der Waals surface area contributed by atoms with Gasteiger partial charge in [0.2, 0.25) is 0 Å². The monoisotopic (exact) mass is 138 g/mol. The lowest BCUT2D eigenvalue weighted by Gasteiger charge is -2.13. The molecule has 0 aromatic heterocycles. The van der Waals surface area contributed by atoms with E-state index in [9.17, 15) is 9.59 Å². The second kappa shape index (κ2) is 2.78. The van der Waals surface area contributed by atoms with Gasteiger partial charge in [-0.2, -0.15) is 0 Å². The van der Waals surface area contributed by atoms with Crippen molar-refractivity contribution in [2.24, 2.45) is 5.92 Å². The van der Waals surface area contributed by atoms with Crippen molar-refractivity contribution in [2.75, 3.05) is 0 Å². The van der Waals surface area contributed by atoms with E-state index in [1.165, 1.54) is 0 Å². The van der Waals surface area contributed by atoms with Gasteiger partial charge in [0.15, 0.2) is 5.78 Å². The zero-order valence-corrected chi connectivity index (χ0v) is 5.96. The van der Waals surface area contributed by atoms with Crippen molar-refractivity contribution in [1.82, 2.24) is 0 Å². The Hall–Kier alpha value is -0.920. The third-order valence-electron chi connectivity index (χ3n) is 1.65. The Kier molecular flexibility index (Phi) is 2.00. The van der Waals surface area contributed by atoms with Gasteiger partial charge in [-0.25, -0.2) is 0 Å². The smallest absolute Gasteiger partial charge is 0.156 e. The highest BCUT2D eigenvalue weighted by molar-refractivity contribution is 5.93. The van der Waals surface area contributed by atoms with Gasteiger partial charge in [-0.05, 0) is 19.4 Å². The fraction of sp³-hybridized carbons (Fsp3) is 0.500. The van der Waals surface area contributed by atoms with Crippen molar-refractivity contribution in [3.8, 4) is 0 Å². The summed E-state index contributed by atoms with van der Waals surface area (Å²) < 4.78 is 0. The third-order valence-corrected chi connectivity index (χ3v) is 1.65. The average molecular weight is 138 g/mol. The molecule has 54 valence electrons. The van der Waals surface area contributed by atoms with Crippen LogP contribution in [0.3, 0.4) is 0 Å². The highest BCUT2D eigenvalue weighted by atomic mass is 16.1. The van der Waals surface area contributed by atoms with Gasteiger partial charge in [-0.15, -0.1) is 0 Å². The number of hydrogen-bond acceptors (Lipinski definition) is 2. The van der Waals surface area contributed by atoms with Crippen molar-refractivity contribution in [3.05, 3.63) is 11.6 Å². The molecule has 1 rings (SSSR count). The van der Waals surface area contributed by atoms with E-state index in [0.29, 0.717) is 6.42 Å². The topological polar surface area (TPSA) is 34.1 Å². The number of rotatable bonds is 1. The SMILES string of the molecule is CC1=CC(=O)CC(C=O)C1. The van der Waals surface area contributed by atoms with Crippen LogP contribution >= 0.6 is 0 Å². The Labute approximate surface area is 59.9 Å². The second-order valence-electron chi connectivity index (χ2n) is 2.76. The molecule has 0 bridgehead atoms. The van der Waals surface area contributed by atoms with Gasteiger partial charge < -0.3 is 4.79 Å². The molecule has 2 heteroatoms. The molecule has 0 fully saturated rings. The maximum atomic E-state index is 10.8. The van der Waals surface area contributed by atoms with Crippen LogP contribution in [0.1, 0.15) is 19.8 Å². The van der Waals surface area contributed by atoms with Gasteiger partial charge in [0, 0.05) is 12.3 Å². The van der Waals surface area contributed by atoms with Crippen molar-refractivity contribution >= 4 is 12.1 Å². The number of ketones is 1. The normalized spacial score (nSPS) is 25.9. The summed E-state index contributed by atoms with van der Waals surface area (Å²) in [6.07, 6.45) is 3.66. The lowest BCUT2D eigenvalue weighted by molar-refractivity contribution is -0.120. The molecule has 0 radical (unpaired) electrons. The first-order chi connectivity index (χ1) is 4.72. The first kappa shape index (κ1) is 7.19. The van der Waals surface area contributed by atoms with Crippen LogP contribution in [0.5, 0.6) is 0 Å². The molecule has 0 amide bonds. The highest BCUT2D eigenvalue weighted by Gasteiger charge is 2.16. The minimum Gasteiger partial charge on any atom is -0.303 e. The molecule has 10 heavy (non-hydrogen) atoms. The largest absolute Gasteiger partial charge is 0.303 e. The lowest BCUT2D eigenvalue weighted by Crippen LogP contribution is -2.13. The highest BCUT2D eigenvalue weighted by Crippen LogP contribution is 2.19. The lowest BCUT2D eigenvalue weighted by atomic mass is 9.90. The van der Waals surface area contributed by atoms with E-state index >= 15 is 0 Å². The van der Waals surface area contributed by atoms with Gasteiger partial charge in [0.05, 0.1) is 0 Å². The minimum absolute atomic E-state index is 0.0579. The minimum atomic E-state index is -0.0579. The summed E-state index contributed by atoms with van der Waals surface area (Å²) in [5.41, 5.74) is 1.02. The van der Waals surface area contributed by atoms with E-state index in [2.05, 4.69) is 0 Å².